The van der Waals surface area contributed by atoms with Crippen LogP contribution >= 0.6 is 11.6 Å². The maximum Gasteiger partial charge on any atom is 0.239 e. The summed E-state index contributed by atoms with van der Waals surface area (Å²) in [7, 11) is 1.58. The molecule has 1 fully saturated rings. The summed E-state index contributed by atoms with van der Waals surface area (Å²) in [6, 6.07) is 12.4. The number of benzene rings is 2. The number of hydrogen-bond acceptors (Lipinski definition) is 3. The Labute approximate surface area is 151 Å². The molecule has 5 nitrogen and oxygen atoms in total. The molecule has 2 aromatic carbocycles. The second-order valence-corrected chi connectivity index (χ2v) is 6.39. The number of ether oxygens (including phenoxy) is 1. The molecular weight excluding hydrogens is 340 g/mol. The molecule has 1 atom stereocenters. The van der Waals surface area contributed by atoms with Crippen molar-refractivity contribution in [3.63, 3.8) is 0 Å². The van der Waals surface area contributed by atoms with Crippen LogP contribution in [0, 0.1) is 12.8 Å². The molecule has 130 valence electrons. The molecule has 1 aliphatic rings. The number of halogens is 1. The molecule has 1 saturated heterocycles. The van der Waals surface area contributed by atoms with Crippen LogP contribution in [0.25, 0.3) is 0 Å². The lowest BCUT2D eigenvalue weighted by Crippen LogP contribution is -2.33. The molecular formula is C19H19ClN2O3. The van der Waals surface area contributed by atoms with Gasteiger partial charge in [0.2, 0.25) is 11.8 Å². The Morgan fingerprint density at radius 3 is 2.60 bits per heavy atom. The molecule has 0 saturated carbocycles. The first kappa shape index (κ1) is 17.3. The number of anilines is 2. The summed E-state index contributed by atoms with van der Waals surface area (Å²) >= 11 is 6.04. The third kappa shape index (κ3) is 3.61. The molecule has 2 aromatic rings. The first-order valence-corrected chi connectivity index (χ1v) is 8.40. The van der Waals surface area contributed by atoms with Crippen molar-refractivity contribution in [2.24, 2.45) is 5.92 Å². The van der Waals surface area contributed by atoms with Crippen molar-refractivity contribution < 1.29 is 14.3 Å². The van der Waals surface area contributed by atoms with Crippen LogP contribution < -0.4 is 15.0 Å². The van der Waals surface area contributed by atoms with E-state index in [4.69, 9.17) is 16.3 Å². The minimum Gasteiger partial charge on any atom is -0.497 e. The standard InChI is InChI=1S/C19H19ClN2O3/c1-12-11-14(5-8-17(12)20)22-10-9-16(19(22)24)18(23)21-13-3-6-15(25-2)7-4-13/h3-8,11,16H,9-10H2,1-2H3,(H,21,23). The average molecular weight is 359 g/mol. The van der Waals surface area contributed by atoms with Gasteiger partial charge in [-0.2, -0.15) is 0 Å². The van der Waals surface area contributed by atoms with Crippen LogP contribution in [-0.4, -0.2) is 25.5 Å². The lowest BCUT2D eigenvalue weighted by atomic mass is 10.1. The zero-order valence-corrected chi connectivity index (χ0v) is 14.8. The van der Waals surface area contributed by atoms with Gasteiger partial charge in [-0.25, -0.2) is 0 Å². The molecule has 3 rings (SSSR count). The van der Waals surface area contributed by atoms with E-state index in [1.807, 2.05) is 13.0 Å². The van der Waals surface area contributed by atoms with E-state index in [9.17, 15) is 9.59 Å². The molecule has 25 heavy (non-hydrogen) atoms. The topological polar surface area (TPSA) is 58.6 Å². The number of rotatable bonds is 4. The largest absolute Gasteiger partial charge is 0.497 e. The van der Waals surface area contributed by atoms with Gasteiger partial charge in [-0.1, -0.05) is 11.6 Å². The SMILES string of the molecule is COc1ccc(NC(=O)C2CCN(c3ccc(Cl)c(C)c3)C2=O)cc1. The minimum absolute atomic E-state index is 0.187. The van der Waals surface area contributed by atoms with E-state index in [-0.39, 0.29) is 11.8 Å². The second-order valence-electron chi connectivity index (χ2n) is 5.98. The zero-order valence-electron chi connectivity index (χ0n) is 14.1. The third-order valence-electron chi connectivity index (χ3n) is 4.33. The fraction of sp³-hybridized carbons (Fsp3) is 0.263. The first-order chi connectivity index (χ1) is 12.0. The van der Waals surface area contributed by atoms with E-state index in [0.29, 0.717) is 29.4 Å². The molecule has 2 amide bonds. The predicted octanol–water partition coefficient (Wildman–Crippen LogP) is 3.65. The third-order valence-corrected chi connectivity index (χ3v) is 4.76. The highest BCUT2D eigenvalue weighted by Crippen LogP contribution is 2.29. The molecule has 1 N–H and O–H groups in total. The number of nitrogens with one attached hydrogen (secondary N) is 1. The van der Waals surface area contributed by atoms with Crippen LogP contribution in [0.3, 0.4) is 0 Å². The molecule has 0 aromatic heterocycles. The number of methoxy groups -OCH3 is 1. The second kappa shape index (κ2) is 7.15. The van der Waals surface area contributed by atoms with Gasteiger partial charge in [0.25, 0.3) is 0 Å². The maximum absolute atomic E-state index is 12.6. The van der Waals surface area contributed by atoms with Gasteiger partial charge < -0.3 is 15.0 Å². The smallest absolute Gasteiger partial charge is 0.239 e. The Morgan fingerprint density at radius 1 is 1.24 bits per heavy atom. The van der Waals surface area contributed by atoms with Crippen molar-refractivity contribution in [2.75, 3.05) is 23.9 Å². The Morgan fingerprint density at radius 2 is 1.96 bits per heavy atom. The molecule has 1 aliphatic heterocycles. The van der Waals surface area contributed by atoms with E-state index >= 15 is 0 Å². The highest BCUT2D eigenvalue weighted by Gasteiger charge is 2.37. The van der Waals surface area contributed by atoms with E-state index in [2.05, 4.69) is 5.32 Å². The molecule has 0 bridgehead atoms. The summed E-state index contributed by atoms with van der Waals surface area (Å²) in [6.45, 7) is 2.40. The van der Waals surface area contributed by atoms with Gasteiger partial charge in [-0.05, 0) is 61.4 Å². The summed E-state index contributed by atoms with van der Waals surface area (Å²) in [5, 5.41) is 3.45. The van der Waals surface area contributed by atoms with E-state index in [0.717, 1.165) is 11.3 Å². The Hall–Kier alpha value is -2.53. The molecule has 6 heteroatoms. The number of carbonyl (C=O) groups excluding carboxylic acids is 2. The monoisotopic (exact) mass is 358 g/mol. The quantitative estimate of drug-likeness (QED) is 0.849. The number of nitrogens with zero attached hydrogens (tertiary/aromatic N) is 1. The fourth-order valence-corrected chi connectivity index (χ4v) is 3.00. The van der Waals surface area contributed by atoms with Crippen molar-refractivity contribution >= 4 is 34.8 Å². The Kier molecular flexibility index (Phi) is 4.95. The van der Waals surface area contributed by atoms with Crippen molar-refractivity contribution in [3.05, 3.63) is 53.1 Å². The van der Waals surface area contributed by atoms with Crippen molar-refractivity contribution in [3.8, 4) is 5.75 Å². The molecule has 0 aliphatic carbocycles. The van der Waals surface area contributed by atoms with Crippen molar-refractivity contribution in [1.82, 2.24) is 0 Å². The average Bonchev–Trinajstić information content (AvgIpc) is 2.99. The van der Waals surface area contributed by atoms with Gasteiger partial charge in [0.05, 0.1) is 7.11 Å². The molecule has 1 heterocycles. The highest BCUT2D eigenvalue weighted by atomic mass is 35.5. The van der Waals surface area contributed by atoms with Gasteiger partial charge in [-0.3, -0.25) is 9.59 Å². The lowest BCUT2D eigenvalue weighted by molar-refractivity contribution is -0.129. The summed E-state index contributed by atoms with van der Waals surface area (Å²) in [4.78, 5) is 26.8. The summed E-state index contributed by atoms with van der Waals surface area (Å²) in [6.07, 6.45) is 0.489. The van der Waals surface area contributed by atoms with Crippen LogP contribution in [0.4, 0.5) is 11.4 Å². The van der Waals surface area contributed by atoms with Crippen LogP contribution in [0.1, 0.15) is 12.0 Å². The lowest BCUT2D eigenvalue weighted by Gasteiger charge is -2.17. The summed E-state index contributed by atoms with van der Waals surface area (Å²) < 4.78 is 5.09. The predicted molar refractivity (Wildman–Crippen MR) is 98.3 cm³/mol. The molecule has 0 spiro atoms. The summed E-state index contributed by atoms with van der Waals surface area (Å²) in [5.74, 6) is -0.451. The van der Waals surface area contributed by atoms with Crippen LogP contribution in [-0.2, 0) is 9.59 Å². The van der Waals surface area contributed by atoms with Gasteiger partial charge >= 0.3 is 0 Å². The minimum atomic E-state index is -0.682. The highest BCUT2D eigenvalue weighted by molar-refractivity contribution is 6.31. The van der Waals surface area contributed by atoms with E-state index < -0.39 is 5.92 Å². The van der Waals surface area contributed by atoms with Gasteiger partial charge in [0, 0.05) is 22.9 Å². The van der Waals surface area contributed by atoms with Crippen molar-refractivity contribution in [1.29, 1.82) is 0 Å². The first-order valence-electron chi connectivity index (χ1n) is 8.02. The van der Waals surface area contributed by atoms with Gasteiger partial charge in [0.15, 0.2) is 0 Å². The van der Waals surface area contributed by atoms with Gasteiger partial charge in [0.1, 0.15) is 11.7 Å². The molecule has 1 unspecified atom stereocenters. The number of hydrogen-bond donors (Lipinski definition) is 1. The Balaban J connectivity index is 1.70. The van der Waals surface area contributed by atoms with E-state index in [1.54, 1.807) is 48.4 Å². The molecule has 0 radical (unpaired) electrons. The Bertz CT molecular complexity index is 805. The van der Waals surface area contributed by atoms with Crippen LogP contribution in [0.2, 0.25) is 5.02 Å². The summed E-state index contributed by atoms with van der Waals surface area (Å²) in [5.41, 5.74) is 2.31. The fourth-order valence-electron chi connectivity index (χ4n) is 2.88. The van der Waals surface area contributed by atoms with Gasteiger partial charge in [-0.15, -0.1) is 0 Å². The van der Waals surface area contributed by atoms with E-state index in [1.165, 1.54) is 0 Å². The van der Waals surface area contributed by atoms with Crippen LogP contribution in [0.15, 0.2) is 42.5 Å². The normalized spacial score (nSPS) is 16.8. The number of aryl methyl sites for hydroxylation is 1. The number of carbonyl (C=O) groups is 2. The van der Waals surface area contributed by atoms with Crippen LogP contribution in [0.5, 0.6) is 5.75 Å². The zero-order chi connectivity index (χ0) is 18.0. The maximum atomic E-state index is 12.6. The number of amides is 2. The van der Waals surface area contributed by atoms with Crippen molar-refractivity contribution in [2.45, 2.75) is 13.3 Å².